The molecule has 14 heavy (non-hydrogen) atoms. The van der Waals surface area contributed by atoms with E-state index < -0.39 is 0 Å². The molecule has 0 aliphatic heterocycles. The molecule has 72 valence electrons. The van der Waals surface area contributed by atoms with Crippen LogP contribution in [0.15, 0.2) is 42.7 Å². The normalized spacial score (nSPS) is 8.57. The number of hydrogen-bond acceptors (Lipinski definition) is 5. The summed E-state index contributed by atoms with van der Waals surface area (Å²) in [4.78, 5) is 10.5. The summed E-state index contributed by atoms with van der Waals surface area (Å²) in [5.74, 6) is 0.301. The standard InChI is InChI=1S/C6H6.C3H5N5/c1-2-4-6-5-3-1;4-2-6-1-7-3(5)8-2/h1-6H;1H,(H4,4,5,6,7,8). The van der Waals surface area contributed by atoms with Crippen LogP contribution in [-0.4, -0.2) is 15.0 Å². The summed E-state index contributed by atoms with van der Waals surface area (Å²) in [6.45, 7) is 0. The SMILES string of the molecule is Nc1ncnc(N)n1.c1ccccc1. The Morgan fingerprint density at radius 2 is 1.07 bits per heavy atom. The first-order valence-corrected chi connectivity index (χ1v) is 3.99. The minimum atomic E-state index is 0.150. The van der Waals surface area contributed by atoms with Crippen LogP contribution in [-0.2, 0) is 0 Å². The smallest absolute Gasteiger partial charge is 0.224 e. The highest BCUT2D eigenvalue weighted by Gasteiger charge is 1.86. The lowest BCUT2D eigenvalue weighted by atomic mass is 10.4. The zero-order valence-corrected chi connectivity index (χ0v) is 7.54. The van der Waals surface area contributed by atoms with Crippen LogP contribution in [0, 0.1) is 0 Å². The highest BCUT2D eigenvalue weighted by Crippen LogP contribution is 1.88. The summed E-state index contributed by atoms with van der Waals surface area (Å²) in [6.07, 6.45) is 1.26. The summed E-state index contributed by atoms with van der Waals surface area (Å²) in [7, 11) is 0. The number of nitrogens with two attached hydrogens (primary N) is 2. The lowest BCUT2D eigenvalue weighted by Crippen LogP contribution is -2.00. The molecule has 0 saturated heterocycles. The number of anilines is 2. The Morgan fingerprint density at radius 1 is 0.714 bits per heavy atom. The molecule has 1 aromatic carbocycles. The molecule has 0 bridgehead atoms. The summed E-state index contributed by atoms with van der Waals surface area (Å²) >= 11 is 0. The maximum absolute atomic E-state index is 5.12. The molecule has 0 spiro atoms. The van der Waals surface area contributed by atoms with E-state index in [0.717, 1.165) is 0 Å². The van der Waals surface area contributed by atoms with Gasteiger partial charge in [-0.05, 0) is 0 Å². The maximum Gasteiger partial charge on any atom is 0.224 e. The molecule has 2 rings (SSSR count). The second-order valence-electron chi connectivity index (χ2n) is 2.36. The summed E-state index contributed by atoms with van der Waals surface area (Å²) in [5, 5.41) is 0. The number of nitrogen functional groups attached to an aromatic ring is 2. The molecule has 5 nitrogen and oxygen atoms in total. The van der Waals surface area contributed by atoms with Crippen molar-refractivity contribution in [3.63, 3.8) is 0 Å². The molecule has 0 fully saturated rings. The Bertz CT molecular complexity index is 319. The molecule has 0 unspecified atom stereocenters. The van der Waals surface area contributed by atoms with Gasteiger partial charge in [0.05, 0.1) is 0 Å². The van der Waals surface area contributed by atoms with Crippen molar-refractivity contribution in [1.29, 1.82) is 0 Å². The third-order valence-corrected chi connectivity index (χ3v) is 1.28. The van der Waals surface area contributed by atoms with Gasteiger partial charge in [-0.25, -0.2) is 9.97 Å². The minimum absolute atomic E-state index is 0.150. The number of rotatable bonds is 0. The van der Waals surface area contributed by atoms with Crippen molar-refractivity contribution in [2.45, 2.75) is 0 Å². The van der Waals surface area contributed by atoms with Crippen LogP contribution in [0.2, 0.25) is 0 Å². The predicted octanol–water partition coefficient (Wildman–Crippen LogP) is 0.723. The van der Waals surface area contributed by atoms with Crippen LogP contribution in [0.1, 0.15) is 0 Å². The minimum Gasteiger partial charge on any atom is -0.368 e. The van der Waals surface area contributed by atoms with Crippen LogP contribution >= 0.6 is 0 Å². The molecule has 0 saturated carbocycles. The first-order chi connectivity index (χ1) is 6.79. The summed E-state index contributed by atoms with van der Waals surface area (Å²) in [5.41, 5.74) is 10.2. The number of hydrogen-bond donors (Lipinski definition) is 2. The van der Waals surface area contributed by atoms with Gasteiger partial charge >= 0.3 is 0 Å². The van der Waals surface area contributed by atoms with Crippen LogP contribution in [0.4, 0.5) is 11.9 Å². The van der Waals surface area contributed by atoms with Crippen LogP contribution in [0.25, 0.3) is 0 Å². The highest BCUT2D eigenvalue weighted by atomic mass is 15.1. The highest BCUT2D eigenvalue weighted by molar-refractivity contribution is 5.22. The van der Waals surface area contributed by atoms with E-state index >= 15 is 0 Å². The van der Waals surface area contributed by atoms with Crippen LogP contribution in [0.3, 0.4) is 0 Å². The Hall–Kier alpha value is -2.17. The largest absolute Gasteiger partial charge is 0.368 e. The lowest BCUT2D eigenvalue weighted by molar-refractivity contribution is 1.08. The van der Waals surface area contributed by atoms with Crippen molar-refractivity contribution >= 4 is 11.9 Å². The molecule has 5 heteroatoms. The second kappa shape index (κ2) is 5.47. The first kappa shape index (κ1) is 9.91. The fraction of sp³-hybridized carbons (Fsp3) is 0. The van der Waals surface area contributed by atoms with Crippen molar-refractivity contribution in [2.24, 2.45) is 0 Å². The molecule has 0 aliphatic rings. The first-order valence-electron chi connectivity index (χ1n) is 3.99. The topological polar surface area (TPSA) is 90.7 Å². The van der Waals surface area contributed by atoms with Gasteiger partial charge in [-0.3, -0.25) is 0 Å². The number of nitrogens with zero attached hydrogens (tertiary/aromatic N) is 3. The van der Waals surface area contributed by atoms with E-state index in [1.54, 1.807) is 0 Å². The molecular formula is C9H11N5. The molecule has 1 heterocycles. The zero-order chi connectivity index (χ0) is 10.2. The van der Waals surface area contributed by atoms with Crippen LogP contribution in [0.5, 0.6) is 0 Å². The molecule has 0 radical (unpaired) electrons. The molecule has 0 atom stereocenters. The van der Waals surface area contributed by atoms with E-state index in [0.29, 0.717) is 0 Å². The summed E-state index contributed by atoms with van der Waals surface area (Å²) < 4.78 is 0. The summed E-state index contributed by atoms with van der Waals surface area (Å²) in [6, 6.07) is 12.0. The molecule has 0 aliphatic carbocycles. The van der Waals surface area contributed by atoms with Gasteiger partial charge in [0.15, 0.2) is 0 Å². The van der Waals surface area contributed by atoms with E-state index in [-0.39, 0.29) is 11.9 Å². The predicted molar refractivity (Wildman–Crippen MR) is 55.1 cm³/mol. The molecule has 1 aromatic heterocycles. The van der Waals surface area contributed by atoms with E-state index in [1.165, 1.54) is 6.33 Å². The third kappa shape index (κ3) is 4.01. The van der Waals surface area contributed by atoms with Crippen molar-refractivity contribution < 1.29 is 0 Å². The van der Waals surface area contributed by atoms with Gasteiger partial charge in [-0.15, -0.1) is 0 Å². The Balaban J connectivity index is 0.000000146. The Kier molecular flexibility index (Phi) is 3.87. The molecule has 2 aromatic rings. The van der Waals surface area contributed by atoms with Gasteiger partial charge in [0, 0.05) is 0 Å². The van der Waals surface area contributed by atoms with E-state index in [4.69, 9.17) is 11.5 Å². The van der Waals surface area contributed by atoms with E-state index in [9.17, 15) is 0 Å². The maximum atomic E-state index is 5.12. The third-order valence-electron chi connectivity index (χ3n) is 1.28. The van der Waals surface area contributed by atoms with Gasteiger partial charge in [0.25, 0.3) is 0 Å². The van der Waals surface area contributed by atoms with Gasteiger partial charge < -0.3 is 11.5 Å². The van der Waals surface area contributed by atoms with Gasteiger partial charge in [-0.1, -0.05) is 36.4 Å². The average molecular weight is 189 g/mol. The number of aromatic nitrogens is 3. The molecular weight excluding hydrogens is 178 g/mol. The quantitative estimate of drug-likeness (QED) is 0.637. The zero-order valence-electron chi connectivity index (χ0n) is 7.54. The van der Waals surface area contributed by atoms with Crippen LogP contribution < -0.4 is 11.5 Å². The van der Waals surface area contributed by atoms with Gasteiger partial charge in [-0.2, -0.15) is 4.98 Å². The van der Waals surface area contributed by atoms with Crippen molar-refractivity contribution in [3.8, 4) is 0 Å². The lowest BCUT2D eigenvalue weighted by Gasteiger charge is -1.88. The fourth-order valence-corrected chi connectivity index (χ4v) is 0.707. The van der Waals surface area contributed by atoms with Gasteiger partial charge in [0.2, 0.25) is 11.9 Å². The number of benzene rings is 1. The van der Waals surface area contributed by atoms with Crippen molar-refractivity contribution in [1.82, 2.24) is 15.0 Å². The van der Waals surface area contributed by atoms with E-state index in [1.807, 2.05) is 36.4 Å². The molecule has 0 amide bonds. The van der Waals surface area contributed by atoms with E-state index in [2.05, 4.69) is 15.0 Å². The van der Waals surface area contributed by atoms with Crippen molar-refractivity contribution in [3.05, 3.63) is 42.7 Å². The monoisotopic (exact) mass is 189 g/mol. The van der Waals surface area contributed by atoms with Crippen molar-refractivity contribution in [2.75, 3.05) is 11.5 Å². The second-order valence-corrected chi connectivity index (χ2v) is 2.36. The average Bonchev–Trinajstić information content (AvgIpc) is 2.21. The Labute approximate surface area is 81.8 Å². The Morgan fingerprint density at radius 3 is 1.29 bits per heavy atom. The molecule has 4 N–H and O–H groups in total. The van der Waals surface area contributed by atoms with Gasteiger partial charge in [0.1, 0.15) is 6.33 Å². The fourth-order valence-electron chi connectivity index (χ4n) is 0.707.